The smallest absolute Gasteiger partial charge is 0.211 e. The Bertz CT molecular complexity index is 810. The topological polar surface area (TPSA) is 91.4 Å². The molecule has 0 spiro atoms. The zero-order valence-corrected chi connectivity index (χ0v) is 14.7. The predicted octanol–water partition coefficient (Wildman–Crippen LogP) is 2.83. The average Bonchev–Trinajstić information content (AvgIpc) is 2.66. The van der Waals surface area contributed by atoms with Crippen LogP contribution in [-0.2, 0) is 16.1 Å². The van der Waals surface area contributed by atoms with Gasteiger partial charge in [0.1, 0.15) is 0 Å². The Labute approximate surface area is 153 Å². The van der Waals surface area contributed by atoms with Gasteiger partial charge < -0.3 is 20.7 Å². The summed E-state index contributed by atoms with van der Waals surface area (Å²) in [5.74, 6) is 0. The zero-order chi connectivity index (χ0) is 18.9. The van der Waals surface area contributed by atoms with Crippen molar-refractivity contribution in [2.75, 3.05) is 31.3 Å². The number of rotatable bonds is 9. The van der Waals surface area contributed by atoms with Crippen molar-refractivity contribution in [1.82, 2.24) is 4.90 Å². The van der Waals surface area contributed by atoms with Crippen molar-refractivity contribution in [3.63, 3.8) is 0 Å². The summed E-state index contributed by atoms with van der Waals surface area (Å²) in [7, 11) is 1.64. The number of hydrogen-bond acceptors (Lipinski definition) is 5. The van der Waals surface area contributed by atoms with Gasteiger partial charge in [-0.2, -0.15) is 5.26 Å². The van der Waals surface area contributed by atoms with E-state index < -0.39 is 0 Å². The third-order valence-electron chi connectivity index (χ3n) is 3.97. The molecule has 0 radical (unpaired) electrons. The molecule has 0 aliphatic rings. The fraction of sp³-hybridized carbons (Fsp3) is 0.200. The van der Waals surface area contributed by atoms with Gasteiger partial charge in [-0.3, -0.25) is 4.79 Å². The molecule has 0 aromatic heterocycles. The summed E-state index contributed by atoms with van der Waals surface area (Å²) >= 11 is 0. The van der Waals surface area contributed by atoms with Crippen LogP contribution >= 0.6 is 0 Å². The van der Waals surface area contributed by atoms with Gasteiger partial charge in [0, 0.05) is 42.8 Å². The van der Waals surface area contributed by atoms with E-state index in [1.807, 2.05) is 12.1 Å². The quantitative estimate of drug-likeness (QED) is 0.536. The minimum absolute atomic E-state index is 0.522. The maximum Gasteiger partial charge on any atom is 0.211 e. The van der Waals surface area contributed by atoms with E-state index in [1.165, 1.54) is 0 Å². The van der Waals surface area contributed by atoms with E-state index in [9.17, 15) is 4.79 Å². The maximum atomic E-state index is 10.9. The highest BCUT2D eigenvalue weighted by Gasteiger charge is 2.14. The second-order valence-electron chi connectivity index (χ2n) is 5.74. The largest absolute Gasteiger partial charge is 0.399 e. The number of nitrogens with one attached hydrogen (secondary N) is 1. The fourth-order valence-electron chi connectivity index (χ4n) is 2.58. The number of nitriles is 1. The minimum atomic E-state index is 0.522. The van der Waals surface area contributed by atoms with Crippen molar-refractivity contribution in [2.45, 2.75) is 6.54 Å². The van der Waals surface area contributed by atoms with Crippen molar-refractivity contribution in [3.8, 4) is 6.07 Å². The summed E-state index contributed by atoms with van der Waals surface area (Å²) in [5.41, 5.74) is 10.3. The Morgan fingerprint density at radius 2 is 2.08 bits per heavy atom. The van der Waals surface area contributed by atoms with Gasteiger partial charge >= 0.3 is 0 Å². The molecule has 1 amide bonds. The Morgan fingerprint density at radius 3 is 2.69 bits per heavy atom. The first-order chi connectivity index (χ1) is 12.6. The highest BCUT2D eigenvalue weighted by atomic mass is 16.5. The molecule has 2 aromatic rings. The number of anilines is 2. The first-order valence-corrected chi connectivity index (χ1v) is 8.11. The van der Waals surface area contributed by atoms with Gasteiger partial charge in [0.25, 0.3) is 0 Å². The standard InChI is InChI=1S/C20H22N4O2/c1-15(19-11-18(22)7-8-20(19)23-14-25)24(9-10-26-2)13-17-5-3-16(12-21)4-6-17/h3-8,11,14H,1,9-10,13,22H2,2H3,(H,23,25). The number of nitrogen functional groups attached to an aromatic ring is 1. The lowest BCUT2D eigenvalue weighted by Crippen LogP contribution is -2.25. The number of nitrogens with zero attached hydrogens (tertiary/aromatic N) is 2. The lowest BCUT2D eigenvalue weighted by atomic mass is 10.1. The van der Waals surface area contributed by atoms with Crippen molar-refractivity contribution >= 4 is 23.5 Å². The third-order valence-corrected chi connectivity index (χ3v) is 3.97. The summed E-state index contributed by atoms with van der Waals surface area (Å²) in [4.78, 5) is 12.9. The molecule has 0 atom stereocenters. The number of hydrogen-bond donors (Lipinski definition) is 2. The Morgan fingerprint density at radius 1 is 1.35 bits per heavy atom. The molecule has 2 aromatic carbocycles. The molecule has 0 aliphatic carbocycles. The first-order valence-electron chi connectivity index (χ1n) is 8.11. The van der Waals surface area contributed by atoms with Crippen molar-refractivity contribution in [2.24, 2.45) is 0 Å². The SMILES string of the molecule is C=C(c1cc(N)ccc1NC=O)N(CCOC)Cc1ccc(C#N)cc1. The second kappa shape index (κ2) is 9.25. The van der Waals surface area contributed by atoms with Crippen LogP contribution in [0, 0.1) is 11.3 Å². The van der Waals surface area contributed by atoms with E-state index in [-0.39, 0.29) is 0 Å². The van der Waals surface area contributed by atoms with E-state index >= 15 is 0 Å². The summed E-state index contributed by atoms with van der Waals surface area (Å²) in [6, 6.07) is 14.8. The Balaban J connectivity index is 2.30. The number of nitrogens with two attached hydrogens (primary N) is 1. The predicted molar refractivity (Wildman–Crippen MR) is 103 cm³/mol. The van der Waals surface area contributed by atoms with Crippen LogP contribution < -0.4 is 11.1 Å². The fourth-order valence-corrected chi connectivity index (χ4v) is 2.58. The molecule has 0 heterocycles. The average molecular weight is 350 g/mol. The molecule has 134 valence electrons. The molecule has 6 heteroatoms. The number of carbonyl (C=O) groups excluding carboxylic acids is 1. The zero-order valence-electron chi connectivity index (χ0n) is 14.7. The highest BCUT2D eigenvalue weighted by Crippen LogP contribution is 2.28. The van der Waals surface area contributed by atoms with E-state index in [0.29, 0.717) is 43.0 Å². The van der Waals surface area contributed by atoms with Crippen molar-refractivity contribution < 1.29 is 9.53 Å². The number of ether oxygens (including phenoxy) is 1. The van der Waals surface area contributed by atoms with Crippen LogP contribution in [0.5, 0.6) is 0 Å². The summed E-state index contributed by atoms with van der Waals surface area (Å²) in [6.07, 6.45) is 0.627. The molecule has 3 N–H and O–H groups in total. The minimum Gasteiger partial charge on any atom is -0.399 e. The molecule has 0 saturated heterocycles. The summed E-state index contributed by atoms with van der Waals surface area (Å²) < 4.78 is 5.21. The van der Waals surface area contributed by atoms with Crippen LogP contribution in [0.15, 0.2) is 49.0 Å². The number of amides is 1. The number of carbonyl (C=O) groups is 1. The second-order valence-corrected chi connectivity index (χ2v) is 5.74. The molecule has 0 aliphatic heterocycles. The maximum absolute atomic E-state index is 10.9. The van der Waals surface area contributed by atoms with E-state index in [1.54, 1.807) is 37.4 Å². The lowest BCUT2D eigenvalue weighted by Gasteiger charge is -2.28. The van der Waals surface area contributed by atoms with Crippen LogP contribution in [0.3, 0.4) is 0 Å². The molecular weight excluding hydrogens is 328 g/mol. The van der Waals surface area contributed by atoms with Crippen LogP contribution in [0.25, 0.3) is 5.70 Å². The van der Waals surface area contributed by atoms with Crippen molar-refractivity contribution in [1.29, 1.82) is 5.26 Å². The van der Waals surface area contributed by atoms with E-state index in [4.69, 9.17) is 15.7 Å². The van der Waals surface area contributed by atoms with Crippen LogP contribution in [-0.4, -0.2) is 31.6 Å². The van der Waals surface area contributed by atoms with Gasteiger partial charge in [0.2, 0.25) is 6.41 Å². The molecular formula is C20H22N4O2. The van der Waals surface area contributed by atoms with Crippen LogP contribution in [0.2, 0.25) is 0 Å². The first kappa shape index (κ1) is 19.0. The molecule has 0 bridgehead atoms. The Hall–Kier alpha value is -3.30. The molecule has 6 nitrogen and oxygen atoms in total. The molecule has 0 fully saturated rings. The van der Waals surface area contributed by atoms with Crippen molar-refractivity contribution in [3.05, 3.63) is 65.7 Å². The summed E-state index contributed by atoms with van der Waals surface area (Å²) in [5, 5.41) is 11.6. The summed E-state index contributed by atoms with van der Waals surface area (Å²) in [6.45, 7) is 5.92. The number of methoxy groups -OCH3 is 1. The van der Waals surface area contributed by atoms with Gasteiger partial charge in [-0.15, -0.1) is 0 Å². The van der Waals surface area contributed by atoms with Gasteiger partial charge in [-0.05, 0) is 35.9 Å². The molecule has 0 unspecified atom stereocenters. The van der Waals surface area contributed by atoms with Gasteiger partial charge in [0.05, 0.1) is 18.2 Å². The molecule has 26 heavy (non-hydrogen) atoms. The lowest BCUT2D eigenvalue weighted by molar-refractivity contribution is -0.105. The van der Waals surface area contributed by atoms with E-state index in [2.05, 4.69) is 22.9 Å². The van der Waals surface area contributed by atoms with Crippen LogP contribution in [0.4, 0.5) is 11.4 Å². The van der Waals surface area contributed by atoms with Gasteiger partial charge in [-0.1, -0.05) is 18.7 Å². The number of benzene rings is 2. The normalized spacial score (nSPS) is 10.0. The molecule has 0 saturated carbocycles. The highest BCUT2D eigenvalue weighted by molar-refractivity contribution is 5.83. The van der Waals surface area contributed by atoms with Gasteiger partial charge in [-0.25, -0.2) is 0 Å². The molecule has 2 rings (SSSR count). The van der Waals surface area contributed by atoms with Gasteiger partial charge in [0.15, 0.2) is 0 Å². The third kappa shape index (κ3) is 4.85. The van der Waals surface area contributed by atoms with E-state index in [0.717, 1.165) is 16.8 Å². The monoisotopic (exact) mass is 350 g/mol. The Kier molecular flexibility index (Phi) is 6.77. The van der Waals surface area contributed by atoms with Crippen LogP contribution in [0.1, 0.15) is 16.7 Å².